The van der Waals surface area contributed by atoms with Crippen molar-refractivity contribution < 1.29 is 9.18 Å². The number of carbonyl (C=O) groups excluding carboxylic acids is 1. The largest absolute Gasteiger partial charge is 0.345 e. The van der Waals surface area contributed by atoms with Gasteiger partial charge in [0.15, 0.2) is 5.82 Å². The predicted molar refractivity (Wildman–Crippen MR) is 85.5 cm³/mol. The van der Waals surface area contributed by atoms with Crippen molar-refractivity contribution in [3.8, 4) is 0 Å². The SMILES string of the molecule is Cc1cnc(C(=O)N[C@H]2CCCN(Cc3ccc(F)cc3)C2)[nH]1. The summed E-state index contributed by atoms with van der Waals surface area (Å²) in [6, 6.07) is 6.70. The van der Waals surface area contributed by atoms with E-state index in [1.165, 1.54) is 12.1 Å². The Morgan fingerprint density at radius 2 is 2.22 bits per heavy atom. The van der Waals surface area contributed by atoms with Gasteiger partial charge in [-0.25, -0.2) is 9.37 Å². The second-order valence-corrected chi connectivity index (χ2v) is 6.09. The molecule has 1 aliphatic rings. The van der Waals surface area contributed by atoms with Crippen molar-refractivity contribution in [3.05, 3.63) is 53.4 Å². The number of imidazole rings is 1. The van der Waals surface area contributed by atoms with Gasteiger partial charge in [-0.2, -0.15) is 0 Å². The molecule has 2 heterocycles. The van der Waals surface area contributed by atoms with Gasteiger partial charge in [0.05, 0.1) is 0 Å². The number of carbonyl (C=O) groups is 1. The number of benzene rings is 1. The van der Waals surface area contributed by atoms with Crippen LogP contribution in [0.1, 0.15) is 34.7 Å². The van der Waals surface area contributed by atoms with Gasteiger partial charge in [0.1, 0.15) is 5.82 Å². The van der Waals surface area contributed by atoms with Crippen LogP contribution in [0.3, 0.4) is 0 Å². The summed E-state index contributed by atoms with van der Waals surface area (Å²) < 4.78 is 13.0. The van der Waals surface area contributed by atoms with Crippen LogP contribution in [0.15, 0.2) is 30.5 Å². The summed E-state index contributed by atoms with van der Waals surface area (Å²) in [6.07, 6.45) is 3.64. The summed E-state index contributed by atoms with van der Waals surface area (Å²) in [5.41, 5.74) is 1.96. The first-order chi connectivity index (χ1) is 11.1. The first-order valence-corrected chi connectivity index (χ1v) is 7.89. The van der Waals surface area contributed by atoms with E-state index < -0.39 is 0 Å². The normalized spacial score (nSPS) is 18.8. The van der Waals surface area contributed by atoms with Gasteiger partial charge in [-0.15, -0.1) is 0 Å². The molecule has 2 aromatic rings. The van der Waals surface area contributed by atoms with E-state index in [1.807, 2.05) is 19.1 Å². The first kappa shape index (κ1) is 15.7. The molecule has 0 radical (unpaired) electrons. The standard InChI is InChI=1S/C17H21FN4O/c1-12-9-19-16(20-12)17(23)21-15-3-2-8-22(11-15)10-13-4-6-14(18)7-5-13/h4-7,9,15H,2-3,8,10-11H2,1H3,(H,19,20)(H,21,23)/t15-/m0/s1. The molecule has 0 spiro atoms. The molecular formula is C17H21FN4O. The fraction of sp³-hybridized carbons (Fsp3) is 0.412. The average Bonchev–Trinajstić information content (AvgIpc) is 2.97. The van der Waals surface area contributed by atoms with E-state index in [4.69, 9.17) is 0 Å². The second-order valence-electron chi connectivity index (χ2n) is 6.09. The molecule has 23 heavy (non-hydrogen) atoms. The number of rotatable bonds is 4. The molecule has 0 bridgehead atoms. The smallest absolute Gasteiger partial charge is 0.287 e. The minimum Gasteiger partial charge on any atom is -0.345 e. The van der Waals surface area contributed by atoms with Crippen LogP contribution in [0, 0.1) is 12.7 Å². The highest BCUT2D eigenvalue weighted by Gasteiger charge is 2.22. The van der Waals surface area contributed by atoms with Crippen LogP contribution in [0.4, 0.5) is 4.39 Å². The number of aromatic amines is 1. The van der Waals surface area contributed by atoms with E-state index in [0.717, 1.165) is 43.7 Å². The third-order valence-corrected chi connectivity index (χ3v) is 4.08. The number of H-pyrrole nitrogens is 1. The van der Waals surface area contributed by atoms with Gasteiger partial charge in [-0.05, 0) is 44.0 Å². The average molecular weight is 316 g/mol. The van der Waals surface area contributed by atoms with Crippen molar-refractivity contribution in [2.75, 3.05) is 13.1 Å². The van der Waals surface area contributed by atoms with Gasteiger partial charge in [0, 0.05) is 31.0 Å². The molecular weight excluding hydrogens is 295 g/mol. The molecule has 1 saturated heterocycles. The molecule has 122 valence electrons. The quantitative estimate of drug-likeness (QED) is 0.909. The Balaban J connectivity index is 1.55. The lowest BCUT2D eigenvalue weighted by Gasteiger charge is -2.33. The molecule has 0 unspecified atom stereocenters. The van der Waals surface area contributed by atoms with E-state index in [-0.39, 0.29) is 17.8 Å². The maximum Gasteiger partial charge on any atom is 0.287 e. The lowest BCUT2D eigenvalue weighted by atomic mass is 10.0. The van der Waals surface area contributed by atoms with E-state index >= 15 is 0 Å². The van der Waals surface area contributed by atoms with Crippen LogP contribution in [-0.2, 0) is 6.54 Å². The maximum absolute atomic E-state index is 13.0. The Labute approximate surface area is 134 Å². The summed E-state index contributed by atoms with van der Waals surface area (Å²) in [6.45, 7) is 4.42. The van der Waals surface area contributed by atoms with Gasteiger partial charge in [0.2, 0.25) is 0 Å². The van der Waals surface area contributed by atoms with Crippen molar-refractivity contribution in [3.63, 3.8) is 0 Å². The Hall–Kier alpha value is -2.21. The van der Waals surface area contributed by atoms with Gasteiger partial charge in [0.25, 0.3) is 5.91 Å². The highest BCUT2D eigenvalue weighted by atomic mass is 19.1. The maximum atomic E-state index is 13.0. The molecule has 0 saturated carbocycles. The number of hydrogen-bond acceptors (Lipinski definition) is 3. The topological polar surface area (TPSA) is 61.0 Å². The van der Waals surface area contributed by atoms with Gasteiger partial charge >= 0.3 is 0 Å². The minimum absolute atomic E-state index is 0.113. The van der Waals surface area contributed by atoms with E-state index in [2.05, 4.69) is 20.2 Å². The van der Waals surface area contributed by atoms with E-state index in [0.29, 0.717) is 5.82 Å². The summed E-state index contributed by atoms with van der Waals surface area (Å²) in [4.78, 5) is 21.5. The number of halogens is 1. The third kappa shape index (κ3) is 4.16. The molecule has 1 aromatic carbocycles. The molecule has 1 amide bonds. The summed E-state index contributed by atoms with van der Waals surface area (Å²) in [7, 11) is 0. The fourth-order valence-corrected chi connectivity index (χ4v) is 2.95. The van der Waals surface area contributed by atoms with Crippen LogP contribution >= 0.6 is 0 Å². The third-order valence-electron chi connectivity index (χ3n) is 4.08. The highest BCUT2D eigenvalue weighted by molar-refractivity contribution is 5.90. The predicted octanol–water partition coefficient (Wildman–Crippen LogP) is 2.25. The highest BCUT2D eigenvalue weighted by Crippen LogP contribution is 2.14. The lowest BCUT2D eigenvalue weighted by Crippen LogP contribution is -2.47. The first-order valence-electron chi connectivity index (χ1n) is 7.89. The number of aryl methyl sites for hydroxylation is 1. The van der Waals surface area contributed by atoms with Gasteiger partial charge in [-0.1, -0.05) is 12.1 Å². The molecule has 3 rings (SSSR count). The zero-order valence-electron chi connectivity index (χ0n) is 13.2. The molecule has 5 nitrogen and oxygen atoms in total. The minimum atomic E-state index is -0.216. The molecule has 1 fully saturated rings. The summed E-state index contributed by atoms with van der Waals surface area (Å²) in [5, 5.41) is 3.04. The summed E-state index contributed by atoms with van der Waals surface area (Å²) in [5.74, 6) is -0.0174. The second kappa shape index (κ2) is 6.91. The lowest BCUT2D eigenvalue weighted by molar-refractivity contribution is 0.0891. The molecule has 1 aromatic heterocycles. The van der Waals surface area contributed by atoms with Crippen LogP contribution in [0.5, 0.6) is 0 Å². The van der Waals surface area contributed by atoms with Crippen LogP contribution in [0.2, 0.25) is 0 Å². The van der Waals surface area contributed by atoms with Crippen molar-refractivity contribution in [1.82, 2.24) is 20.2 Å². The van der Waals surface area contributed by atoms with Crippen LogP contribution in [-0.4, -0.2) is 39.9 Å². The monoisotopic (exact) mass is 316 g/mol. The fourth-order valence-electron chi connectivity index (χ4n) is 2.95. The number of amides is 1. The number of nitrogens with zero attached hydrogens (tertiary/aromatic N) is 2. The van der Waals surface area contributed by atoms with Gasteiger partial charge < -0.3 is 10.3 Å². The Kier molecular flexibility index (Phi) is 4.71. The Morgan fingerprint density at radius 1 is 1.43 bits per heavy atom. The van der Waals surface area contributed by atoms with Crippen molar-refractivity contribution >= 4 is 5.91 Å². The van der Waals surface area contributed by atoms with Gasteiger partial charge in [-0.3, -0.25) is 9.69 Å². The molecule has 1 aliphatic heterocycles. The van der Waals surface area contributed by atoms with Crippen LogP contribution < -0.4 is 5.32 Å². The van der Waals surface area contributed by atoms with Crippen LogP contribution in [0.25, 0.3) is 0 Å². The van der Waals surface area contributed by atoms with Crippen molar-refractivity contribution in [1.29, 1.82) is 0 Å². The number of aromatic nitrogens is 2. The van der Waals surface area contributed by atoms with E-state index in [9.17, 15) is 9.18 Å². The Bertz CT molecular complexity index is 667. The van der Waals surface area contributed by atoms with Crippen molar-refractivity contribution in [2.45, 2.75) is 32.4 Å². The Morgan fingerprint density at radius 3 is 2.91 bits per heavy atom. The molecule has 0 aliphatic carbocycles. The number of nitrogens with one attached hydrogen (secondary N) is 2. The summed E-state index contributed by atoms with van der Waals surface area (Å²) >= 11 is 0. The number of piperidine rings is 1. The zero-order chi connectivity index (χ0) is 16.2. The van der Waals surface area contributed by atoms with Crippen molar-refractivity contribution in [2.24, 2.45) is 0 Å². The zero-order valence-corrected chi connectivity index (χ0v) is 13.2. The molecule has 6 heteroatoms. The number of likely N-dealkylation sites (tertiary alicyclic amines) is 1. The molecule has 1 atom stereocenters. The molecule has 2 N–H and O–H groups in total. The number of hydrogen-bond donors (Lipinski definition) is 2. The van der Waals surface area contributed by atoms with E-state index in [1.54, 1.807) is 6.20 Å².